The van der Waals surface area contributed by atoms with Crippen molar-refractivity contribution in [2.45, 2.75) is 52.5 Å². The lowest BCUT2D eigenvalue weighted by Gasteiger charge is -2.27. The van der Waals surface area contributed by atoms with Crippen LogP contribution >= 0.6 is 24.0 Å². The summed E-state index contributed by atoms with van der Waals surface area (Å²) in [5.74, 6) is 2.00. The summed E-state index contributed by atoms with van der Waals surface area (Å²) in [6.07, 6.45) is 8.16. The van der Waals surface area contributed by atoms with Crippen molar-refractivity contribution in [2.75, 3.05) is 31.1 Å². The van der Waals surface area contributed by atoms with E-state index in [9.17, 15) is 0 Å². The van der Waals surface area contributed by atoms with E-state index < -0.39 is 0 Å². The molecule has 0 spiro atoms. The van der Waals surface area contributed by atoms with Gasteiger partial charge in [0.05, 0.1) is 6.54 Å². The highest BCUT2D eigenvalue weighted by atomic mass is 127. The highest BCUT2D eigenvalue weighted by Gasteiger charge is 2.12. The molecule has 1 saturated heterocycles. The maximum Gasteiger partial charge on any atom is 0.191 e. The molecule has 0 bridgehead atoms. The van der Waals surface area contributed by atoms with Crippen LogP contribution in [0.1, 0.15) is 51.5 Å². The zero-order chi connectivity index (χ0) is 16.3. The van der Waals surface area contributed by atoms with E-state index >= 15 is 0 Å². The van der Waals surface area contributed by atoms with E-state index in [-0.39, 0.29) is 24.0 Å². The molecule has 24 heavy (non-hydrogen) atoms. The molecular formula is C18H32IN5. The molecule has 6 heteroatoms. The van der Waals surface area contributed by atoms with Gasteiger partial charge in [0.1, 0.15) is 5.82 Å². The summed E-state index contributed by atoms with van der Waals surface area (Å²) >= 11 is 0. The number of anilines is 1. The lowest BCUT2D eigenvalue weighted by Crippen LogP contribution is -2.37. The third-order valence-corrected chi connectivity index (χ3v) is 4.08. The van der Waals surface area contributed by atoms with Gasteiger partial charge in [-0.15, -0.1) is 24.0 Å². The molecule has 0 radical (unpaired) electrons. The van der Waals surface area contributed by atoms with Gasteiger partial charge in [-0.2, -0.15) is 0 Å². The van der Waals surface area contributed by atoms with Crippen LogP contribution in [0.25, 0.3) is 0 Å². The van der Waals surface area contributed by atoms with Crippen LogP contribution in [0, 0.1) is 0 Å². The predicted octanol–water partition coefficient (Wildman–Crippen LogP) is 3.55. The van der Waals surface area contributed by atoms with E-state index in [4.69, 9.17) is 0 Å². The average Bonchev–Trinajstić information content (AvgIpc) is 2.61. The summed E-state index contributed by atoms with van der Waals surface area (Å²) in [6.45, 7) is 9.08. The molecule has 0 unspecified atom stereocenters. The molecular weight excluding hydrogens is 413 g/mol. The molecule has 5 nitrogen and oxygen atoms in total. The second-order valence-corrected chi connectivity index (χ2v) is 6.05. The van der Waals surface area contributed by atoms with Crippen molar-refractivity contribution in [3.63, 3.8) is 0 Å². The number of guanidine groups is 1. The van der Waals surface area contributed by atoms with Crippen molar-refractivity contribution in [3.05, 3.63) is 23.9 Å². The third kappa shape index (κ3) is 7.23. The first-order chi connectivity index (χ1) is 11.3. The summed E-state index contributed by atoms with van der Waals surface area (Å²) < 4.78 is 0. The SMILES string of the molecule is CCCCNC(=NCc1ccnc(N2CCCCC2)c1)NCC.I. The van der Waals surface area contributed by atoms with Crippen molar-refractivity contribution in [1.29, 1.82) is 0 Å². The predicted molar refractivity (Wildman–Crippen MR) is 113 cm³/mol. The Morgan fingerprint density at radius 1 is 1.21 bits per heavy atom. The fourth-order valence-corrected chi connectivity index (χ4v) is 2.75. The van der Waals surface area contributed by atoms with Gasteiger partial charge in [0.2, 0.25) is 0 Å². The summed E-state index contributed by atoms with van der Waals surface area (Å²) in [5.41, 5.74) is 1.22. The molecule has 2 N–H and O–H groups in total. The largest absolute Gasteiger partial charge is 0.357 e. The Labute approximate surface area is 163 Å². The Balaban J connectivity index is 0.00000288. The fraction of sp³-hybridized carbons (Fsp3) is 0.667. The Kier molecular flexibility index (Phi) is 10.8. The van der Waals surface area contributed by atoms with Crippen molar-refractivity contribution in [2.24, 2.45) is 4.99 Å². The molecule has 1 aromatic heterocycles. The minimum Gasteiger partial charge on any atom is -0.357 e. The molecule has 0 saturated carbocycles. The van der Waals surface area contributed by atoms with Gasteiger partial charge in [-0.1, -0.05) is 13.3 Å². The molecule has 1 aliphatic heterocycles. The number of piperidine rings is 1. The van der Waals surface area contributed by atoms with Gasteiger partial charge in [0.15, 0.2) is 5.96 Å². The van der Waals surface area contributed by atoms with Gasteiger partial charge in [-0.25, -0.2) is 9.98 Å². The molecule has 0 aromatic carbocycles. The number of aliphatic imine (C=N–C) groups is 1. The van der Waals surface area contributed by atoms with E-state index in [1.165, 1.54) is 37.7 Å². The van der Waals surface area contributed by atoms with Crippen molar-refractivity contribution >= 4 is 35.8 Å². The maximum absolute atomic E-state index is 4.69. The molecule has 2 heterocycles. The number of aromatic nitrogens is 1. The van der Waals surface area contributed by atoms with Gasteiger partial charge in [-0.3, -0.25) is 0 Å². The first kappa shape index (κ1) is 21.0. The molecule has 0 aliphatic carbocycles. The number of rotatable bonds is 7. The molecule has 1 aromatic rings. The Hall–Kier alpha value is -1.05. The van der Waals surface area contributed by atoms with Crippen LogP contribution in [-0.4, -0.2) is 37.1 Å². The molecule has 1 aliphatic rings. The minimum atomic E-state index is 0. The van der Waals surface area contributed by atoms with Crippen LogP contribution in [0.2, 0.25) is 0 Å². The molecule has 2 rings (SSSR count). The summed E-state index contributed by atoms with van der Waals surface area (Å²) in [7, 11) is 0. The number of pyridine rings is 1. The summed E-state index contributed by atoms with van der Waals surface area (Å²) in [4.78, 5) is 11.6. The summed E-state index contributed by atoms with van der Waals surface area (Å²) in [5, 5.41) is 6.69. The second kappa shape index (κ2) is 12.3. The van der Waals surface area contributed by atoms with E-state index in [0.29, 0.717) is 6.54 Å². The molecule has 136 valence electrons. The summed E-state index contributed by atoms with van der Waals surface area (Å²) in [6, 6.07) is 4.25. The number of hydrogen-bond donors (Lipinski definition) is 2. The smallest absolute Gasteiger partial charge is 0.191 e. The number of unbranched alkanes of at least 4 members (excludes halogenated alkanes) is 1. The average molecular weight is 445 g/mol. The van der Waals surface area contributed by atoms with Crippen LogP contribution in [0.3, 0.4) is 0 Å². The standard InChI is InChI=1S/C18H31N5.HI/c1-3-5-10-21-18(19-4-2)22-15-16-9-11-20-17(14-16)23-12-7-6-8-13-23;/h9,11,14H,3-8,10,12-13,15H2,1-2H3,(H2,19,21,22);1H. The minimum absolute atomic E-state index is 0. The Morgan fingerprint density at radius 3 is 2.71 bits per heavy atom. The zero-order valence-electron chi connectivity index (χ0n) is 15.1. The van der Waals surface area contributed by atoms with Crippen LogP contribution < -0.4 is 15.5 Å². The van der Waals surface area contributed by atoms with Gasteiger partial charge in [0, 0.05) is 32.4 Å². The highest BCUT2D eigenvalue weighted by Crippen LogP contribution is 2.18. The molecule has 0 atom stereocenters. The van der Waals surface area contributed by atoms with Crippen LogP contribution in [0.4, 0.5) is 5.82 Å². The van der Waals surface area contributed by atoms with E-state index in [1.54, 1.807) is 0 Å². The Bertz CT molecular complexity index is 486. The van der Waals surface area contributed by atoms with Crippen LogP contribution in [0.15, 0.2) is 23.3 Å². The van der Waals surface area contributed by atoms with Crippen molar-refractivity contribution < 1.29 is 0 Å². The van der Waals surface area contributed by atoms with Gasteiger partial charge >= 0.3 is 0 Å². The quantitative estimate of drug-likeness (QED) is 0.292. The third-order valence-electron chi connectivity index (χ3n) is 4.08. The van der Waals surface area contributed by atoms with Crippen molar-refractivity contribution in [1.82, 2.24) is 15.6 Å². The van der Waals surface area contributed by atoms with Gasteiger partial charge in [0.25, 0.3) is 0 Å². The maximum atomic E-state index is 4.69. The fourth-order valence-electron chi connectivity index (χ4n) is 2.75. The van der Waals surface area contributed by atoms with E-state index in [2.05, 4.69) is 51.5 Å². The van der Waals surface area contributed by atoms with Crippen molar-refractivity contribution in [3.8, 4) is 0 Å². The molecule has 0 amide bonds. The lowest BCUT2D eigenvalue weighted by molar-refractivity contribution is 0.573. The highest BCUT2D eigenvalue weighted by molar-refractivity contribution is 14.0. The number of halogens is 1. The van der Waals surface area contributed by atoms with Crippen LogP contribution in [-0.2, 0) is 6.54 Å². The zero-order valence-corrected chi connectivity index (χ0v) is 17.4. The number of hydrogen-bond acceptors (Lipinski definition) is 3. The van der Waals surface area contributed by atoms with Crippen LogP contribution in [0.5, 0.6) is 0 Å². The monoisotopic (exact) mass is 445 g/mol. The Morgan fingerprint density at radius 2 is 2.00 bits per heavy atom. The normalized spacial score (nSPS) is 14.9. The van der Waals surface area contributed by atoms with Gasteiger partial charge in [-0.05, 0) is 50.3 Å². The number of nitrogens with one attached hydrogen (secondary N) is 2. The van der Waals surface area contributed by atoms with E-state index in [1.807, 2.05) is 6.20 Å². The topological polar surface area (TPSA) is 52.6 Å². The number of nitrogens with zero attached hydrogens (tertiary/aromatic N) is 3. The first-order valence-corrected chi connectivity index (χ1v) is 9.05. The van der Waals surface area contributed by atoms with E-state index in [0.717, 1.165) is 38.0 Å². The first-order valence-electron chi connectivity index (χ1n) is 9.05. The molecule has 1 fully saturated rings. The van der Waals surface area contributed by atoms with Gasteiger partial charge < -0.3 is 15.5 Å². The second-order valence-electron chi connectivity index (χ2n) is 6.05. The lowest BCUT2D eigenvalue weighted by atomic mass is 10.1.